The molecule has 1 aliphatic rings. The summed E-state index contributed by atoms with van der Waals surface area (Å²) in [7, 11) is 0. The van der Waals surface area contributed by atoms with Gasteiger partial charge >= 0.3 is 0 Å². The van der Waals surface area contributed by atoms with Crippen LogP contribution in [0, 0.1) is 10.1 Å². The lowest BCUT2D eigenvalue weighted by atomic mass is 9.87. The van der Waals surface area contributed by atoms with E-state index in [1.807, 2.05) is 11.0 Å². The van der Waals surface area contributed by atoms with Gasteiger partial charge in [0.05, 0.1) is 4.92 Å². The Balaban J connectivity index is 1.81. The monoisotopic (exact) mass is 338 g/mol. The van der Waals surface area contributed by atoms with Crippen LogP contribution in [0.5, 0.6) is 0 Å². The number of fused-ring (bicyclic) bond motifs is 1. The molecular weight excluding hydrogens is 316 g/mol. The van der Waals surface area contributed by atoms with E-state index < -0.39 is 4.92 Å². The highest BCUT2D eigenvalue weighted by atomic mass is 16.6. The van der Waals surface area contributed by atoms with Gasteiger partial charge in [0.25, 0.3) is 11.6 Å². The fourth-order valence-corrected chi connectivity index (χ4v) is 3.53. The van der Waals surface area contributed by atoms with Crippen molar-refractivity contribution in [2.45, 2.75) is 38.6 Å². The molecular formula is C20H22N2O3. The van der Waals surface area contributed by atoms with E-state index in [0.717, 1.165) is 25.7 Å². The van der Waals surface area contributed by atoms with Crippen molar-refractivity contribution in [3.05, 3.63) is 75.3 Å². The van der Waals surface area contributed by atoms with Crippen LogP contribution < -0.4 is 0 Å². The molecule has 1 aliphatic carbocycles. The first-order valence-electron chi connectivity index (χ1n) is 8.72. The second-order valence-electron chi connectivity index (χ2n) is 6.47. The van der Waals surface area contributed by atoms with Crippen LogP contribution in [-0.2, 0) is 12.8 Å². The van der Waals surface area contributed by atoms with Gasteiger partial charge in [0, 0.05) is 30.3 Å². The van der Waals surface area contributed by atoms with Gasteiger partial charge in [-0.3, -0.25) is 14.9 Å². The topological polar surface area (TPSA) is 63.5 Å². The van der Waals surface area contributed by atoms with Gasteiger partial charge in [-0.1, -0.05) is 31.2 Å². The molecule has 0 saturated heterocycles. The van der Waals surface area contributed by atoms with E-state index in [-0.39, 0.29) is 17.6 Å². The molecule has 0 aromatic heterocycles. The van der Waals surface area contributed by atoms with Crippen molar-refractivity contribution >= 4 is 11.6 Å². The smallest absolute Gasteiger partial charge is 0.269 e. The molecule has 0 fully saturated rings. The standard InChI is InChI=1S/C20H22N2O3/c1-2-13-21(19-12-7-15-5-3-4-6-17(15)14-19)20(23)16-8-10-18(11-9-16)22(24)25/h3-6,8-11,19H,2,7,12-14H2,1H3. The first kappa shape index (κ1) is 17.1. The number of benzene rings is 2. The summed E-state index contributed by atoms with van der Waals surface area (Å²) in [6.45, 7) is 2.76. The van der Waals surface area contributed by atoms with Crippen LogP contribution in [0.4, 0.5) is 5.69 Å². The second-order valence-corrected chi connectivity index (χ2v) is 6.47. The number of nitro groups is 1. The van der Waals surface area contributed by atoms with E-state index in [1.54, 1.807) is 12.1 Å². The number of hydrogen-bond acceptors (Lipinski definition) is 3. The van der Waals surface area contributed by atoms with Crippen LogP contribution in [0.25, 0.3) is 0 Å². The van der Waals surface area contributed by atoms with Crippen molar-refractivity contribution in [1.82, 2.24) is 4.90 Å². The molecule has 5 heteroatoms. The van der Waals surface area contributed by atoms with Crippen molar-refractivity contribution in [2.24, 2.45) is 0 Å². The van der Waals surface area contributed by atoms with Crippen LogP contribution in [0.1, 0.15) is 41.3 Å². The maximum atomic E-state index is 13.0. The van der Waals surface area contributed by atoms with Crippen molar-refractivity contribution < 1.29 is 9.72 Å². The van der Waals surface area contributed by atoms with Gasteiger partial charge < -0.3 is 4.90 Å². The minimum atomic E-state index is -0.448. The first-order chi connectivity index (χ1) is 12.1. The number of carbonyl (C=O) groups is 1. The van der Waals surface area contributed by atoms with E-state index in [9.17, 15) is 14.9 Å². The Morgan fingerprint density at radius 1 is 1.16 bits per heavy atom. The van der Waals surface area contributed by atoms with Crippen molar-refractivity contribution in [2.75, 3.05) is 6.54 Å². The summed E-state index contributed by atoms with van der Waals surface area (Å²) < 4.78 is 0. The summed E-state index contributed by atoms with van der Waals surface area (Å²) in [4.78, 5) is 25.3. The van der Waals surface area contributed by atoms with Crippen LogP contribution in [0.2, 0.25) is 0 Å². The number of carbonyl (C=O) groups excluding carboxylic acids is 1. The lowest BCUT2D eigenvalue weighted by Crippen LogP contribution is -2.43. The number of rotatable bonds is 5. The van der Waals surface area contributed by atoms with Gasteiger partial charge in [0.1, 0.15) is 0 Å². The molecule has 1 atom stereocenters. The zero-order valence-corrected chi connectivity index (χ0v) is 14.4. The first-order valence-corrected chi connectivity index (χ1v) is 8.72. The number of hydrogen-bond donors (Lipinski definition) is 0. The molecule has 1 unspecified atom stereocenters. The van der Waals surface area contributed by atoms with E-state index in [2.05, 4.69) is 25.1 Å². The second kappa shape index (κ2) is 7.47. The van der Waals surface area contributed by atoms with Gasteiger partial charge in [-0.05, 0) is 48.9 Å². The Labute approximate surface area is 147 Å². The lowest BCUT2D eigenvalue weighted by Gasteiger charge is -2.35. The minimum absolute atomic E-state index is 0.00480. The molecule has 25 heavy (non-hydrogen) atoms. The number of non-ortho nitro benzene ring substituents is 1. The van der Waals surface area contributed by atoms with Crippen molar-refractivity contribution in [3.8, 4) is 0 Å². The molecule has 0 aliphatic heterocycles. The minimum Gasteiger partial charge on any atom is -0.335 e. The molecule has 2 aromatic carbocycles. The van der Waals surface area contributed by atoms with Gasteiger partial charge in [-0.2, -0.15) is 0 Å². The number of amides is 1. The van der Waals surface area contributed by atoms with Gasteiger partial charge in [0.15, 0.2) is 0 Å². The summed E-state index contributed by atoms with van der Waals surface area (Å²) in [6.07, 6.45) is 3.69. The van der Waals surface area contributed by atoms with Crippen LogP contribution in [-0.4, -0.2) is 28.3 Å². The third-order valence-corrected chi connectivity index (χ3v) is 4.81. The predicted octanol–water partition coefficient (Wildman–Crippen LogP) is 4.00. The molecule has 1 amide bonds. The number of aryl methyl sites for hydroxylation is 1. The number of nitro benzene ring substituents is 1. The fraction of sp³-hybridized carbons (Fsp3) is 0.350. The van der Waals surface area contributed by atoms with E-state index in [0.29, 0.717) is 12.1 Å². The lowest BCUT2D eigenvalue weighted by molar-refractivity contribution is -0.384. The normalized spacial score (nSPS) is 16.1. The van der Waals surface area contributed by atoms with Gasteiger partial charge in [0.2, 0.25) is 0 Å². The summed E-state index contributed by atoms with van der Waals surface area (Å²) in [6, 6.07) is 14.5. The van der Waals surface area contributed by atoms with Crippen LogP contribution >= 0.6 is 0 Å². The summed E-state index contributed by atoms with van der Waals surface area (Å²) in [5.41, 5.74) is 3.21. The van der Waals surface area contributed by atoms with Crippen LogP contribution in [0.15, 0.2) is 48.5 Å². The Morgan fingerprint density at radius 3 is 2.48 bits per heavy atom. The highest BCUT2D eigenvalue weighted by Crippen LogP contribution is 2.26. The molecule has 0 spiro atoms. The molecule has 0 saturated carbocycles. The molecule has 3 rings (SSSR count). The molecule has 0 bridgehead atoms. The van der Waals surface area contributed by atoms with Gasteiger partial charge in [-0.25, -0.2) is 0 Å². The molecule has 0 N–H and O–H groups in total. The van der Waals surface area contributed by atoms with E-state index in [1.165, 1.54) is 23.3 Å². The Kier molecular flexibility index (Phi) is 5.12. The average molecular weight is 338 g/mol. The van der Waals surface area contributed by atoms with Gasteiger partial charge in [-0.15, -0.1) is 0 Å². The molecule has 0 radical (unpaired) electrons. The third kappa shape index (κ3) is 3.71. The molecule has 130 valence electrons. The highest BCUT2D eigenvalue weighted by molar-refractivity contribution is 5.94. The quantitative estimate of drug-likeness (QED) is 0.611. The average Bonchev–Trinajstić information content (AvgIpc) is 2.65. The summed E-state index contributed by atoms with van der Waals surface area (Å²) in [5, 5.41) is 10.8. The molecule has 0 heterocycles. The van der Waals surface area contributed by atoms with Crippen molar-refractivity contribution in [1.29, 1.82) is 0 Å². The molecule has 2 aromatic rings. The Bertz CT molecular complexity index is 771. The predicted molar refractivity (Wildman–Crippen MR) is 96.7 cm³/mol. The third-order valence-electron chi connectivity index (χ3n) is 4.81. The Hall–Kier alpha value is -2.69. The SMILES string of the molecule is CCCN(C(=O)c1ccc([N+](=O)[O-])cc1)C1CCc2ccccc2C1. The molecule has 5 nitrogen and oxygen atoms in total. The van der Waals surface area contributed by atoms with E-state index in [4.69, 9.17) is 0 Å². The fourth-order valence-electron chi connectivity index (χ4n) is 3.53. The summed E-state index contributed by atoms with van der Waals surface area (Å²) in [5.74, 6) is -0.0406. The maximum Gasteiger partial charge on any atom is 0.269 e. The summed E-state index contributed by atoms with van der Waals surface area (Å²) >= 11 is 0. The van der Waals surface area contributed by atoms with Crippen LogP contribution in [0.3, 0.4) is 0 Å². The van der Waals surface area contributed by atoms with E-state index >= 15 is 0 Å². The maximum absolute atomic E-state index is 13.0. The zero-order chi connectivity index (χ0) is 17.8. The van der Waals surface area contributed by atoms with Crippen molar-refractivity contribution in [3.63, 3.8) is 0 Å². The number of nitrogens with zero attached hydrogens (tertiary/aromatic N) is 2. The highest BCUT2D eigenvalue weighted by Gasteiger charge is 2.28. The zero-order valence-electron chi connectivity index (χ0n) is 14.4. The Morgan fingerprint density at radius 2 is 1.84 bits per heavy atom. The largest absolute Gasteiger partial charge is 0.335 e.